The van der Waals surface area contributed by atoms with Crippen molar-refractivity contribution in [3.63, 3.8) is 0 Å². The number of carbonyl (C=O) groups excluding carboxylic acids is 2. The van der Waals surface area contributed by atoms with Gasteiger partial charge in [-0.25, -0.2) is 4.98 Å². The molecule has 1 atom stereocenters. The Morgan fingerprint density at radius 3 is 2.96 bits per heavy atom. The van der Waals surface area contributed by atoms with Crippen LogP contribution in [0.4, 0.5) is 5.13 Å². The van der Waals surface area contributed by atoms with Gasteiger partial charge in [-0.05, 0) is 35.9 Å². The third-order valence-corrected chi connectivity index (χ3v) is 5.86. The third-order valence-electron chi connectivity index (χ3n) is 4.90. The molecule has 3 N–H and O–H groups in total. The zero-order valence-electron chi connectivity index (χ0n) is 14.5. The second-order valence-electron chi connectivity index (χ2n) is 6.73. The van der Waals surface area contributed by atoms with E-state index in [0.29, 0.717) is 22.9 Å². The SMILES string of the molecule is CC1CNC(=O)c2[nH]c3ccc(C(=O)Nc4nc5ccccc5s4)cc3c21. The van der Waals surface area contributed by atoms with E-state index in [0.717, 1.165) is 26.7 Å². The van der Waals surface area contributed by atoms with E-state index in [1.807, 2.05) is 36.4 Å². The fraction of sp³-hybridized carbons (Fsp3) is 0.150. The summed E-state index contributed by atoms with van der Waals surface area (Å²) in [5.74, 6) is -0.118. The van der Waals surface area contributed by atoms with Gasteiger partial charge >= 0.3 is 0 Å². The van der Waals surface area contributed by atoms with Crippen LogP contribution in [0.5, 0.6) is 0 Å². The number of benzene rings is 2. The number of nitrogens with zero attached hydrogens (tertiary/aromatic N) is 1. The fourth-order valence-electron chi connectivity index (χ4n) is 3.58. The normalized spacial score (nSPS) is 16.3. The number of fused-ring (bicyclic) bond motifs is 4. The van der Waals surface area contributed by atoms with E-state index in [4.69, 9.17) is 0 Å². The fourth-order valence-corrected chi connectivity index (χ4v) is 4.44. The van der Waals surface area contributed by atoms with Crippen LogP contribution in [0.2, 0.25) is 0 Å². The number of rotatable bonds is 2. The first-order valence-electron chi connectivity index (χ1n) is 8.71. The van der Waals surface area contributed by atoms with Crippen LogP contribution in [-0.4, -0.2) is 28.3 Å². The average Bonchev–Trinajstić information content (AvgIpc) is 3.25. The lowest BCUT2D eigenvalue weighted by Crippen LogP contribution is -2.33. The van der Waals surface area contributed by atoms with Crippen LogP contribution in [0.3, 0.4) is 0 Å². The maximum Gasteiger partial charge on any atom is 0.268 e. The molecule has 1 aliphatic heterocycles. The number of nitrogens with one attached hydrogen (secondary N) is 3. The van der Waals surface area contributed by atoms with Crippen molar-refractivity contribution in [3.05, 3.63) is 59.3 Å². The molecule has 0 radical (unpaired) electrons. The number of anilines is 1. The molecule has 7 heteroatoms. The molecule has 0 aliphatic carbocycles. The maximum atomic E-state index is 12.7. The molecule has 27 heavy (non-hydrogen) atoms. The van der Waals surface area contributed by atoms with E-state index in [2.05, 4.69) is 27.5 Å². The summed E-state index contributed by atoms with van der Waals surface area (Å²) in [5.41, 5.74) is 3.84. The first kappa shape index (κ1) is 16.0. The van der Waals surface area contributed by atoms with Gasteiger partial charge in [-0.1, -0.05) is 30.4 Å². The van der Waals surface area contributed by atoms with Crippen molar-refractivity contribution in [3.8, 4) is 0 Å². The predicted molar refractivity (Wildman–Crippen MR) is 107 cm³/mol. The smallest absolute Gasteiger partial charge is 0.268 e. The van der Waals surface area contributed by atoms with Crippen LogP contribution < -0.4 is 10.6 Å². The van der Waals surface area contributed by atoms with Crippen molar-refractivity contribution >= 4 is 49.4 Å². The van der Waals surface area contributed by atoms with Crippen LogP contribution in [0.25, 0.3) is 21.1 Å². The monoisotopic (exact) mass is 376 g/mol. The minimum Gasteiger partial charge on any atom is -0.350 e. The number of aromatic amines is 1. The summed E-state index contributed by atoms with van der Waals surface area (Å²) in [6.07, 6.45) is 0. The van der Waals surface area contributed by atoms with Gasteiger partial charge in [0.15, 0.2) is 5.13 Å². The highest BCUT2D eigenvalue weighted by molar-refractivity contribution is 7.22. The van der Waals surface area contributed by atoms with Crippen molar-refractivity contribution in [1.29, 1.82) is 0 Å². The highest BCUT2D eigenvalue weighted by Crippen LogP contribution is 2.32. The van der Waals surface area contributed by atoms with Gasteiger partial charge in [-0.15, -0.1) is 0 Å². The second-order valence-corrected chi connectivity index (χ2v) is 7.76. The van der Waals surface area contributed by atoms with Crippen LogP contribution >= 0.6 is 11.3 Å². The Morgan fingerprint density at radius 1 is 1.26 bits per heavy atom. The van der Waals surface area contributed by atoms with Gasteiger partial charge in [-0.3, -0.25) is 14.9 Å². The van der Waals surface area contributed by atoms with Gasteiger partial charge < -0.3 is 10.3 Å². The van der Waals surface area contributed by atoms with Gasteiger partial charge in [0, 0.05) is 28.9 Å². The average molecular weight is 376 g/mol. The van der Waals surface area contributed by atoms with E-state index >= 15 is 0 Å². The summed E-state index contributed by atoms with van der Waals surface area (Å²) in [7, 11) is 0. The molecule has 2 aromatic carbocycles. The number of H-pyrrole nitrogens is 1. The van der Waals surface area contributed by atoms with E-state index in [-0.39, 0.29) is 17.7 Å². The number of thiazole rings is 1. The van der Waals surface area contributed by atoms with Crippen molar-refractivity contribution in [1.82, 2.24) is 15.3 Å². The molecule has 0 bridgehead atoms. The highest BCUT2D eigenvalue weighted by Gasteiger charge is 2.27. The molecule has 4 aromatic rings. The van der Waals surface area contributed by atoms with Crippen LogP contribution in [0, 0.1) is 0 Å². The quantitative estimate of drug-likeness (QED) is 0.496. The molecule has 1 aliphatic rings. The Kier molecular flexibility index (Phi) is 3.51. The topological polar surface area (TPSA) is 86.9 Å². The van der Waals surface area contributed by atoms with Crippen LogP contribution in [-0.2, 0) is 0 Å². The number of amides is 2. The van der Waals surface area contributed by atoms with Crippen molar-refractivity contribution in [2.45, 2.75) is 12.8 Å². The Morgan fingerprint density at radius 2 is 2.11 bits per heavy atom. The number of hydrogen-bond donors (Lipinski definition) is 3. The molecule has 0 saturated carbocycles. The van der Waals surface area contributed by atoms with Gasteiger partial charge in [0.1, 0.15) is 5.69 Å². The predicted octanol–water partition coefficient (Wildman–Crippen LogP) is 3.88. The Balaban J connectivity index is 1.51. The summed E-state index contributed by atoms with van der Waals surface area (Å²) in [6, 6.07) is 13.2. The standard InChI is InChI=1S/C20H16N4O2S/c1-10-9-21-19(26)17-16(10)12-8-11(6-7-13(12)22-17)18(25)24-20-23-14-4-2-3-5-15(14)27-20/h2-8,10,22H,9H2,1H3,(H,21,26)(H,23,24,25). The number of hydrogen-bond acceptors (Lipinski definition) is 4. The molecule has 0 saturated heterocycles. The number of para-hydroxylation sites is 1. The zero-order chi connectivity index (χ0) is 18.5. The van der Waals surface area contributed by atoms with E-state index in [1.54, 1.807) is 6.07 Å². The number of carbonyl (C=O) groups is 2. The molecule has 1 unspecified atom stereocenters. The molecule has 0 fully saturated rings. The first-order valence-corrected chi connectivity index (χ1v) is 9.52. The van der Waals surface area contributed by atoms with Gasteiger partial charge in [0.05, 0.1) is 10.2 Å². The summed E-state index contributed by atoms with van der Waals surface area (Å²) >= 11 is 1.45. The van der Waals surface area contributed by atoms with Gasteiger partial charge in [0.25, 0.3) is 11.8 Å². The number of aromatic nitrogens is 2. The third kappa shape index (κ3) is 2.59. The lowest BCUT2D eigenvalue weighted by atomic mass is 9.93. The molecule has 3 heterocycles. The van der Waals surface area contributed by atoms with Gasteiger partial charge in [0.2, 0.25) is 0 Å². The molecule has 134 valence electrons. The van der Waals surface area contributed by atoms with E-state index in [9.17, 15) is 9.59 Å². The minimum absolute atomic E-state index is 0.0974. The Labute approximate surface area is 158 Å². The summed E-state index contributed by atoms with van der Waals surface area (Å²) < 4.78 is 1.03. The largest absolute Gasteiger partial charge is 0.350 e. The lowest BCUT2D eigenvalue weighted by molar-refractivity contribution is 0.0936. The molecular weight excluding hydrogens is 360 g/mol. The maximum absolute atomic E-state index is 12.7. The van der Waals surface area contributed by atoms with Crippen molar-refractivity contribution in [2.24, 2.45) is 0 Å². The Bertz CT molecular complexity index is 1190. The van der Waals surface area contributed by atoms with E-state index in [1.165, 1.54) is 11.3 Å². The van der Waals surface area contributed by atoms with Crippen molar-refractivity contribution < 1.29 is 9.59 Å². The molecule has 0 spiro atoms. The lowest BCUT2D eigenvalue weighted by Gasteiger charge is -2.19. The molecular formula is C20H16N4O2S. The van der Waals surface area contributed by atoms with Crippen LogP contribution in [0.15, 0.2) is 42.5 Å². The van der Waals surface area contributed by atoms with Crippen LogP contribution in [0.1, 0.15) is 39.3 Å². The minimum atomic E-state index is -0.209. The van der Waals surface area contributed by atoms with Crippen molar-refractivity contribution in [2.75, 3.05) is 11.9 Å². The highest BCUT2D eigenvalue weighted by atomic mass is 32.1. The Hall–Kier alpha value is -3.19. The van der Waals surface area contributed by atoms with E-state index < -0.39 is 0 Å². The molecule has 5 rings (SSSR count). The summed E-state index contributed by atoms with van der Waals surface area (Å²) in [4.78, 5) is 32.5. The summed E-state index contributed by atoms with van der Waals surface area (Å²) in [6.45, 7) is 2.67. The van der Waals surface area contributed by atoms with Gasteiger partial charge in [-0.2, -0.15) is 0 Å². The molecule has 2 amide bonds. The first-order chi connectivity index (χ1) is 13.1. The zero-order valence-corrected chi connectivity index (χ0v) is 15.3. The molecule has 2 aromatic heterocycles. The summed E-state index contributed by atoms with van der Waals surface area (Å²) in [5, 5.41) is 7.25. The second kappa shape index (κ2) is 5.92. The molecule has 6 nitrogen and oxygen atoms in total.